The molecule has 1 aromatic rings. The maximum Gasteiger partial charge on any atom is 0.0642 e. The molecule has 17 heavy (non-hydrogen) atoms. The van der Waals surface area contributed by atoms with Crippen molar-refractivity contribution in [1.82, 2.24) is 0 Å². The van der Waals surface area contributed by atoms with Crippen LogP contribution in [0.3, 0.4) is 0 Å². The van der Waals surface area contributed by atoms with Gasteiger partial charge >= 0.3 is 0 Å². The SMILES string of the molecule is Cl/C=C/CNc1ccc(N2CCOCC2)cc1. The number of nitrogens with zero attached hydrogens (tertiary/aromatic N) is 1. The van der Waals surface area contributed by atoms with Gasteiger partial charge in [0.1, 0.15) is 0 Å². The lowest BCUT2D eigenvalue weighted by molar-refractivity contribution is 0.122. The van der Waals surface area contributed by atoms with Crippen LogP contribution in [0.15, 0.2) is 35.9 Å². The smallest absolute Gasteiger partial charge is 0.0642 e. The van der Waals surface area contributed by atoms with Crippen LogP contribution in [-0.4, -0.2) is 32.8 Å². The van der Waals surface area contributed by atoms with E-state index in [1.54, 1.807) is 0 Å². The zero-order valence-corrected chi connectivity index (χ0v) is 10.5. The van der Waals surface area contributed by atoms with Crippen LogP contribution >= 0.6 is 11.6 Å². The number of rotatable bonds is 4. The Kier molecular flexibility index (Phi) is 4.71. The molecule has 1 saturated heterocycles. The van der Waals surface area contributed by atoms with Crippen molar-refractivity contribution >= 4 is 23.0 Å². The van der Waals surface area contributed by atoms with E-state index in [1.165, 1.54) is 11.2 Å². The molecular formula is C13H17ClN2O. The quantitative estimate of drug-likeness (QED) is 0.892. The minimum absolute atomic E-state index is 0.750. The first-order valence-electron chi connectivity index (χ1n) is 5.82. The highest BCUT2D eigenvalue weighted by Crippen LogP contribution is 2.18. The summed E-state index contributed by atoms with van der Waals surface area (Å²) in [6.45, 7) is 4.34. The minimum Gasteiger partial charge on any atom is -0.382 e. The molecule has 0 unspecified atom stereocenters. The fourth-order valence-electron chi connectivity index (χ4n) is 1.83. The van der Waals surface area contributed by atoms with E-state index in [2.05, 4.69) is 34.5 Å². The molecule has 0 aliphatic carbocycles. The zero-order valence-electron chi connectivity index (χ0n) is 9.73. The number of nitrogens with one attached hydrogen (secondary N) is 1. The molecule has 4 heteroatoms. The van der Waals surface area contributed by atoms with Gasteiger partial charge in [0.25, 0.3) is 0 Å². The van der Waals surface area contributed by atoms with Crippen molar-refractivity contribution in [3.63, 3.8) is 0 Å². The lowest BCUT2D eigenvalue weighted by Crippen LogP contribution is -2.36. The Bertz CT molecular complexity index is 358. The highest BCUT2D eigenvalue weighted by molar-refractivity contribution is 6.25. The van der Waals surface area contributed by atoms with Gasteiger partial charge in [-0.2, -0.15) is 0 Å². The number of morpholine rings is 1. The zero-order chi connectivity index (χ0) is 11.9. The third-order valence-corrected chi connectivity index (χ3v) is 2.93. The number of anilines is 2. The lowest BCUT2D eigenvalue weighted by Gasteiger charge is -2.28. The Morgan fingerprint density at radius 2 is 1.94 bits per heavy atom. The van der Waals surface area contributed by atoms with Gasteiger partial charge in [0, 0.05) is 36.5 Å². The maximum atomic E-state index is 5.46. The molecule has 0 spiro atoms. The Morgan fingerprint density at radius 3 is 2.59 bits per heavy atom. The van der Waals surface area contributed by atoms with Crippen molar-refractivity contribution in [1.29, 1.82) is 0 Å². The highest BCUT2D eigenvalue weighted by atomic mass is 35.5. The molecule has 0 saturated carbocycles. The summed E-state index contributed by atoms with van der Waals surface area (Å²) >= 11 is 5.46. The van der Waals surface area contributed by atoms with Gasteiger partial charge < -0.3 is 15.0 Å². The van der Waals surface area contributed by atoms with E-state index in [1.807, 2.05) is 6.08 Å². The summed E-state index contributed by atoms with van der Waals surface area (Å²) in [5.74, 6) is 0. The Morgan fingerprint density at radius 1 is 1.24 bits per heavy atom. The van der Waals surface area contributed by atoms with Crippen molar-refractivity contribution in [2.75, 3.05) is 43.1 Å². The van der Waals surface area contributed by atoms with Gasteiger partial charge in [-0.05, 0) is 24.3 Å². The molecule has 1 aliphatic heterocycles. The summed E-state index contributed by atoms with van der Waals surface area (Å²) in [7, 11) is 0. The van der Waals surface area contributed by atoms with Crippen LogP contribution in [0.5, 0.6) is 0 Å². The summed E-state index contributed by atoms with van der Waals surface area (Å²) < 4.78 is 5.34. The summed E-state index contributed by atoms with van der Waals surface area (Å²) in [6.07, 6.45) is 1.87. The number of halogens is 1. The Balaban J connectivity index is 1.92. The predicted octanol–water partition coefficient (Wildman–Crippen LogP) is 2.69. The molecule has 0 atom stereocenters. The van der Waals surface area contributed by atoms with E-state index < -0.39 is 0 Å². The van der Waals surface area contributed by atoms with Crippen LogP contribution in [0.4, 0.5) is 11.4 Å². The molecule has 1 N–H and O–H groups in total. The first-order valence-corrected chi connectivity index (χ1v) is 6.25. The van der Waals surface area contributed by atoms with E-state index in [-0.39, 0.29) is 0 Å². The van der Waals surface area contributed by atoms with Crippen LogP contribution in [-0.2, 0) is 4.74 Å². The van der Waals surface area contributed by atoms with Gasteiger partial charge in [-0.3, -0.25) is 0 Å². The molecule has 0 amide bonds. The molecule has 0 bridgehead atoms. The monoisotopic (exact) mass is 252 g/mol. The van der Waals surface area contributed by atoms with E-state index in [0.717, 1.165) is 38.5 Å². The average Bonchev–Trinajstić information content (AvgIpc) is 2.41. The molecule has 1 aromatic carbocycles. The maximum absolute atomic E-state index is 5.46. The highest BCUT2D eigenvalue weighted by Gasteiger charge is 2.10. The molecule has 0 aromatic heterocycles. The molecule has 1 fully saturated rings. The Hall–Kier alpha value is -1.19. The Labute approximate surface area is 107 Å². The van der Waals surface area contributed by atoms with Crippen LogP contribution in [0.2, 0.25) is 0 Å². The van der Waals surface area contributed by atoms with Crippen molar-refractivity contribution in [3.8, 4) is 0 Å². The van der Waals surface area contributed by atoms with Crippen molar-refractivity contribution in [3.05, 3.63) is 35.9 Å². The van der Waals surface area contributed by atoms with Gasteiger partial charge in [-0.25, -0.2) is 0 Å². The van der Waals surface area contributed by atoms with E-state index in [4.69, 9.17) is 16.3 Å². The van der Waals surface area contributed by atoms with E-state index in [0.29, 0.717) is 0 Å². The second kappa shape index (κ2) is 6.52. The van der Waals surface area contributed by atoms with Gasteiger partial charge in [0.15, 0.2) is 0 Å². The number of benzene rings is 1. The second-order valence-electron chi connectivity index (χ2n) is 3.89. The molecule has 2 rings (SSSR count). The molecule has 0 radical (unpaired) electrons. The van der Waals surface area contributed by atoms with Crippen LogP contribution in [0.25, 0.3) is 0 Å². The third-order valence-electron chi connectivity index (χ3n) is 2.76. The van der Waals surface area contributed by atoms with Gasteiger partial charge in [0.05, 0.1) is 13.2 Å². The molecule has 3 nitrogen and oxygen atoms in total. The normalized spacial score (nSPS) is 16.4. The first kappa shape index (κ1) is 12.3. The minimum atomic E-state index is 0.750. The molecule has 1 aliphatic rings. The average molecular weight is 253 g/mol. The van der Waals surface area contributed by atoms with Crippen molar-refractivity contribution in [2.45, 2.75) is 0 Å². The summed E-state index contributed by atoms with van der Waals surface area (Å²) in [6, 6.07) is 8.45. The topological polar surface area (TPSA) is 24.5 Å². The fourth-order valence-corrected chi connectivity index (χ4v) is 1.92. The second-order valence-corrected chi connectivity index (χ2v) is 4.14. The number of hydrogen-bond acceptors (Lipinski definition) is 3. The molecular weight excluding hydrogens is 236 g/mol. The van der Waals surface area contributed by atoms with Crippen LogP contribution in [0.1, 0.15) is 0 Å². The molecule has 92 valence electrons. The number of ether oxygens (including phenoxy) is 1. The van der Waals surface area contributed by atoms with E-state index >= 15 is 0 Å². The van der Waals surface area contributed by atoms with Gasteiger partial charge in [0.2, 0.25) is 0 Å². The standard InChI is InChI=1S/C13H17ClN2O/c14-6-1-7-15-12-2-4-13(5-3-12)16-8-10-17-11-9-16/h1-6,15H,7-11H2/b6-1+. The largest absolute Gasteiger partial charge is 0.382 e. The van der Waals surface area contributed by atoms with E-state index in [9.17, 15) is 0 Å². The predicted molar refractivity (Wildman–Crippen MR) is 73.0 cm³/mol. The van der Waals surface area contributed by atoms with Crippen LogP contribution in [0, 0.1) is 0 Å². The lowest BCUT2D eigenvalue weighted by atomic mass is 10.2. The van der Waals surface area contributed by atoms with Crippen molar-refractivity contribution in [2.24, 2.45) is 0 Å². The third kappa shape index (κ3) is 3.65. The first-order chi connectivity index (χ1) is 8.40. The molecule has 1 heterocycles. The van der Waals surface area contributed by atoms with Gasteiger partial charge in [-0.15, -0.1) is 0 Å². The summed E-state index contributed by atoms with van der Waals surface area (Å²) in [5.41, 5.74) is 3.89. The summed E-state index contributed by atoms with van der Waals surface area (Å²) in [5, 5.41) is 3.26. The summed E-state index contributed by atoms with van der Waals surface area (Å²) in [4.78, 5) is 2.34. The fraction of sp³-hybridized carbons (Fsp3) is 0.385. The van der Waals surface area contributed by atoms with Gasteiger partial charge in [-0.1, -0.05) is 17.7 Å². The van der Waals surface area contributed by atoms with Crippen molar-refractivity contribution < 1.29 is 4.74 Å². The number of hydrogen-bond donors (Lipinski definition) is 1. The van der Waals surface area contributed by atoms with Crippen LogP contribution < -0.4 is 10.2 Å².